The van der Waals surface area contributed by atoms with E-state index in [1.807, 2.05) is 6.92 Å². The van der Waals surface area contributed by atoms with Gasteiger partial charge in [-0.3, -0.25) is 76.7 Å². The van der Waals surface area contributed by atoms with E-state index >= 15 is 0 Å². The summed E-state index contributed by atoms with van der Waals surface area (Å²) in [6, 6.07) is 82.3. The summed E-state index contributed by atoms with van der Waals surface area (Å²) in [5.41, 5.74) is 91.6. The molecule has 692 valence electrons. The smallest absolute Gasteiger partial charge is 0.198 e. The normalized spacial score (nSPS) is 13.1. The minimum atomic E-state index is -0.282. The Kier molecular flexibility index (Phi) is 24.4. The average molecular weight is 1870 g/mol. The summed E-state index contributed by atoms with van der Waals surface area (Å²) in [6.07, 6.45) is 0. The molecule has 29 heteroatoms. The van der Waals surface area contributed by atoms with Gasteiger partial charge in [-0.15, -0.1) is 0 Å². The molecule has 0 amide bonds. The fraction of sp³-hybridized carbons (Fsp3) is 0.00885. The standard InChI is InChI=1S/C15H11NO2.5C14H10N2O2.2C14H9NO2/c1-8-6-7-11-12(13(8)16)15(18)10-5-3-2-4-9(10)14(11)17;15-7-1-3-9-11(5-7)14(18)10-4-2-8(16)6-12(10)13(9)17;15-9-5-1-3-7-11(9)14(18)8-4-2-6-10(16)12(8)13(7)17;15-9-5-1-3-7-11(9)14(18)12-8(13(7)17)4-2-6-10(12)16;15-9-5-6-10(16)12-11(9)13(17)7-3-1-2-4-8(7)14(12)18;15-10-6-5-9-11(12(10)16)14(18)8-4-2-1-3-7(8)13(9)17;15-11-7-3-6-10-12(11)14(17)9-5-2-1-4-8(9)13(10)16;15-8-5-6-11-12(7-8)14(17)10-4-2-1-3-9(10)13(11)16/h2-7H,16H2,1H3;5*1-6H,15-16H2;2*1-7H,15H2. The van der Waals surface area contributed by atoms with E-state index in [0.29, 0.717) is 196 Å². The van der Waals surface area contributed by atoms with Gasteiger partial charge in [0.05, 0.1) is 61.4 Å². The van der Waals surface area contributed by atoms with E-state index in [4.69, 9.17) is 74.5 Å². The third-order valence-electron chi connectivity index (χ3n) is 24.9. The number of fused-ring (bicyclic) bond motifs is 16. The van der Waals surface area contributed by atoms with E-state index in [1.165, 1.54) is 12.1 Å². The van der Waals surface area contributed by atoms with Crippen molar-refractivity contribution in [3.63, 3.8) is 0 Å². The van der Waals surface area contributed by atoms with Gasteiger partial charge in [-0.1, -0.05) is 188 Å². The predicted molar refractivity (Wildman–Crippen MR) is 540 cm³/mol. The van der Waals surface area contributed by atoms with Crippen LogP contribution >= 0.6 is 0 Å². The van der Waals surface area contributed by atoms with E-state index in [-0.39, 0.29) is 149 Å². The first-order chi connectivity index (χ1) is 68.0. The van der Waals surface area contributed by atoms with Crippen molar-refractivity contribution in [2.75, 3.05) is 74.5 Å². The van der Waals surface area contributed by atoms with Gasteiger partial charge in [-0.2, -0.15) is 0 Å². The van der Waals surface area contributed by atoms with E-state index in [0.717, 1.165) is 5.56 Å². The van der Waals surface area contributed by atoms with Crippen LogP contribution in [0.15, 0.2) is 303 Å². The molecule has 16 aromatic rings. The summed E-state index contributed by atoms with van der Waals surface area (Å²) in [5, 5.41) is 0. The van der Waals surface area contributed by atoms with Crippen molar-refractivity contribution < 1.29 is 76.7 Å². The quantitative estimate of drug-likeness (QED) is 0.0627. The van der Waals surface area contributed by atoms with Gasteiger partial charge in [-0.25, -0.2) is 0 Å². The highest BCUT2D eigenvalue weighted by atomic mass is 16.2. The van der Waals surface area contributed by atoms with Crippen LogP contribution in [0.1, 0.15) is 260 Å². The minimum absolute atomic E-state index is 0.116. The molecule has 0 saturated heterocycles. The van der Waals surface area contributed by atoms with Gasteiger partial charge in [0.1, 0.15) is 0 Å². The van der Waals surface area contributed by atoms with Crippen LogP contribution in [0.3, 0.4) is 0 Å². The van der Waals surface area contributed by atoms with Gasteiger partial charge in [0, 0.05) is 191 Å². The number of hydrogen-bond donors (Lipinski definition) is 13. The Labute approximate surface area is 806 Å². The molecule has 8 aliphatic rings. The zero-order valence-electron chi connectivity index (χ0n) is 74.9. The third kappa shape index (κ3) is 16.2. The number of benzene rings is 16. The molecule has 0 unspecified atom stereocenters. The fourth-order valence-electron chi connectivity index (χ4n) is 17.9. The molecule has 142 heavy (non-hydrogen) atoms. The molecule has 24 rings (SSSR count). The number of rotatable bonds is 0. The van der Waals surface area contributed by atoms with Crippen LogP contribution in [0.5, 0.6) is 0 Å². The predicted octanol–water partition coefficient (Wildman–Crippen LogP) is 14.6. The molecule has 0 fully saturated rings. The summed E-state index contributed by atoms with van der Waals surface area (Å²) in [7, 11) is 0. The van der Waals surface area contributed by atoms with Crippen LogP contribution in [0.25, 0.3) is 0 Å². The second-order valence-corrected chi connectivity index (χ2v) is 33.5. The molecule has 0 bridgehead atoms. The number of anilines is 13. The first kappa shape index (κ1) is 93.4. The lowest BCUT2D eigenvalue weighted by molar-refractivity contribution is 0.0979. The highest BCUT2D eigenvalue weighted by Crippen LogP contribution is 2.42. The topological polar surface area (TPSA) is 611 Å². The lowest BCUT2D eigenvalue weighted by Gasteiger charge is -2.20. The first-order valence-corrected chi connectivity index (χ1v) is 43.6. The lowest BCUT2D eigenvalue weighted by atomic mass is 9.82. The van der Waals surface area contributed by atoms with Gasteiger partial charge in [0.2, 0.25) is 0 Å². The van der Waals surface area contributed by atoms with E-state index < -0.39 is 0 Å². The Morgan fingerprint density at radius 3 is 0.585 bits per heavy atom. The highest BCUT2D eigenvalue weighted by Gasteiger charge is 2.40. The van der Waals surface area contributed by atoms with E-state index in [9.17, 15) is 76.7 Å². The van der Waals surface area contributed by atoms with Gasteiger partial charge in [0.25, 0.3) is 0 Å². The Morgan fingerprint density at radius 1 is 0.127 bits per heavy atom. The van der Waals surface area contributed by atoms with Crippen molar-refractivity contribution in [1.29, 1.82) is 0 Å². The van der Waals surface area contributed by atoms with Gasteiger partial charge in [0.15, 0.2) is 92.5 Å². The molecule has 0 radical (unpaired) electrons. The van der Waals surface area contributed by atoms with Crippen LogP contribution in [0.2, 0.25) is 0 Å². The number of aryl methyl sites for hydroxylation is 1. The Bertz CT molecular complexity index is 8020. The van der Waals surface area contributed by atoms with Crippen molar-refractivity contribution in [2.24, 2.45) is 0 Å². The summed E-state index contributed by atoms with van der Waals surface area (Å²) in [4.78, 5) is 197. The number of nitrogens with two attached hydrogens (primary N) is 13. The van der Waals surface area contributed by atoms with Gasteiger partial charge < -0.3 is 74.5 Å². The van der Waals surface area contributed by atoms with Crippen LogP contribution in [0.4, 0.5) is 73.9 Å². The maximum Gasteiger partial charge on any atom is 0.198 e. The zero-order valence-corrected chi connectivity index (χ0v) is 74.9. The van der Waals surface area contributed by atoms with E-state index in [1.54, 1.807) is 291 Å². The maximum absolute atomic E-state index is 12.4. The number of carbonyl (C=O) groups is 16. The SMILES string of the molecule is Cc1ccc2c(c1N)C(=O)c1ccccc1C2=O.Nc1ccc(N)c2c1C(=O)c1ccccc1C2=O.Nc1ccc2c(c1)C(=O)c1ccc(N)cc1C2=O.Nc1ccc2c(c1)C(=O)c1ccccc1C2=O.Nc1ccc2c(c1N)C(=O)c1ccccc1C2=O.Nc1cccc2c1C(=O)c1c(N)cccc1C2=O.Nc1cccc2c1C(=O)c1cccc(N)c1C2=O.Nc1cccc2c1C(=O)c1ccccc1C2=O. The Morgan fingerprint density at radius 2 is 0.296 bits per heavy atom. The Balaban J connectivity index is 0.000000112. The fourth-order valence-corrected chi connectivity index (χ4v) is 17.9. The molecule has 0 heterocycles. The summed E-state index contributed by atoms with van der Waals surface area (Å²) < 4.78 is 0. The molecular weight excluding hydrogens is 1800 g/mol. The van der Waals surface area contributed by atoms with Crippen LogP contribution in [-0.4, -0.2) is 92.5 Å². The van der Waals surface area contributed by atoms with Crippen molar-refractivity contribution >= 4 is 166 Å². The number of carbonyl (C=O) groups excluding carboxylic acids is 16. The number of nitrogen functional groups attached to an aromatic ring is 13. The highest BCUT2D eigenvalue weighted by molar-refractivity contribution is 6.37. The van der Waals surface area contributed by atoms with Crippen molar-refractivity contribution in [2.45, 2.75) is 6.92 Å². The molecule has 0 atom stereocenters. The monoisotopic (exact) mass is 1870 g/mol. The number of ketones is 16. The molecular formula is C113H79N13O16. The van der Waals surface area contributed by atoms with Gasteiger partial charge >= 0.3 is 0 Å². The lowest BCUT2D eigenvalue weighted by Crippen LogP contribution is -2.23. The first-order valence-electron chi connectivity index (χ1n) is 43.6. The summed E-state index contributed by atoms with van der Waals surface area (Å²) >= 11 is 0. The minimum Gasteiger partial charge on any atom is -0.399 e. The third-order valence-corrected chi connectivity index (χ3v) is 24.9. The largest absolute Gasteiger partial charge is 0.399 e. The molecule has 8 aliphatic carbocycles. The molecule has 29 nitrogen and oxygen atoms in total. The molecule has 0 aliphatic heterocycles. The maximum atomic E-state index is 12.4. The molecule has 0 aromatic heterocycles. The van der Waals surface area contributed by atoms with Crippen LogP contribution in [0, 0.1) is 6.92 Å². The van der Waals surface area contributed by atoms with E-state index in [2.05, 4.69) is 0 Å². The molecule has 16 aromatic carbocycles. The summed E-state index contributed by atoms with van der Waals surface area (Å²) in [5.74, 6) is -3.14. The average Bonchev–Trinajstić information content (AvgIpc) is 0.753. The van der Waals surface area contributed by atoms with Crippen LogP contribution in [-0.2, 0) is 0 Å². The van der Waals surface area contributed by atoms with Crippen molar-refractivity contribution in [1.82, 2.24) is 0 Å². The Hall–Kier alpha value is -20.4. The number of hydrogen-bond acceptors (Lipinski definition) is 29. The van der Waals surface area contributed by atoms with Gasteiger partial charge in [-0.05, 0) is 128 Å². The summed E-state index contributed by atoms with van der Waals surface area (Å²) in [6.45, 7) is 1.83. The van der Waals surface area contributed by atoms with Crippen molar-refractivity contribution in [3.8, 4) is 0 Å². The molecule has 26 N–H and O–H groups in total. The zero-order chi connectivity index (χ0) is 101. The second-order valence-electron chi connectivity index (χ2n) is 33.5. The van der Waals surface area contributed by atoms with Crippen LogP contribution < -0.4 is 74.5 Å². The molecule has 0 spiro atoms. The van der Waals surface area contributed by atoms with Crippen molar-refractivity contribution in [3.05, 3.63) is 487 Å². The molecule has 0 saturated carbocycles. The second kappa shape index (κ2) is 37.1.